The lowest BCUT2D eigenvalue weighted by Gasteiger charge is -2.32. The van der Waals surface area contributed by atoms with E-state index in [-0.39, 0.29) is 5.69 Å². The standard InChI is InChI=1S/C19H21N5O5/c1-18(13-5-7-14(8-6-13)24(28)29)16(26)23(17(27)22-18)11-15(25)21-19(12-20)9-3-2-4-10-19/h5-8H,2-4,9-11H2,1H3,(H,21,25)(H,22,27). The van der Waals surface area contributed by atoms with Gasteiger partial charge in [-0.1, -0.05) is 19.3 Å². The largest absolute Gasteiger partial charge is 0.336 e. The maximum absolute atomic E-state index is 12.9. The van der Waals surface area contributed by atoms with Crippen LogP contribution in [0.3, 0.4) is 0 Å². The summed E-state index contributed by atoms with van der Waals surface area (Å²) in [6, 6.07) is 6.71. The third-order valence-corrected chi connectivity index (χ3v) is 5.53. The van der Waals surface area contributed by atoms with Crippen LogP contribution < -0.4 is 10.6 Å². The predicted octanol–water partition coefficient (Wildman–Crippen LogP) is 1.70. The van der Waals surface area contributed by atoms with E-state index in [9.17, 15) is 29.8 Å². The molecule has 10 heteroatoms. The number of nitrogens with one attached hydrogen (secondary N) is 2. The van der Waals surface area contributed by atoms with Crippen molar-refractivity contribution in [2.45, 2.75) is 50.1 Å². The molecule has 3 rings (SSSR count). The van der Waals surface area contributed by atoms with Crippen LogP contribution in [0.2, 0.25) is 0 Å². The number of hydrogen-bond acceptors (Lipinski definition) is 6. The molecule has 1 unspecified atom stereocenters. The summed E-state index contributed by atoms with van der Waals surface area (Å²) in [5.41, 5.74) is -2.18. The zero-order chi connectivity index (χ0) is 21.2. The van der Waals surface area contributed by atoms with E-state index in [4.69, 9.17) is 0 Å². The molecule has 2 aliphatic rings. The van der Waals surface area contributed by atoms with Crippen LogP contribution in [0.25, 0.3) is 0 Å². The van der Waals surface area contributed by atoms with Crippen LogP contribution in [0, 0.1) is 21.4 Å². The molecule has 29 heavy (non-hydrogen) atoms. The van der Waals surface area contributed by atoms with Crippen LogP contribution in [0.4, 0.5) is 10.5 Å². The van der Waals surface area contributed by atoms with Crippen LogP contribution in [0.5, 0.6) is 0 Å². The summed E-state index contributed by atoms with van der Waals surface area (Å²) >= 11 is 0. The van der Waals surface area contributed by atoms with E-state index < -0.39 is 40.4 Å². The van der Waals surface area contributed by atoms with Gasteiger partial charge in [-0.15, -0.1) is 0 Å². The number of non-ortho nitro benzene ring substituents is 1. The molecule has 0 aromatic heterocycles. The van der Waals surface area contributed by atoms with E-state index >= 15 is 0 Å². The van der Waals surface area contributed by atoms with Gasteiger partial charge in [0.05, 0.1) is 11.0 Å². The highest BCUT2D eigenvalue weighted by atomic mass is 16.6. The number of carbonyl (C=O) groups is 3. The Bertz CT molecular complexity index is 901. The third kappa shape index (κ3) is 3.76. The SMILES string of the molecule is CC1(c2ccc([N+](=O)[O-])cc2)NC(=O)N(CC(=O)NC2(C#N)CCCCC2)C1=O. The lowest BCUT2D eigenvalue weighted by Crippen LogP contribution is -2.52. The molecular formula is C19H21N5O5. The summed E-state index contributed by atoms with van der Waals surface area (Å²) in [4.78, 5) is 48.8. The van der Waals surface area contributed by atoms with E-state index in [0.29, 0.717) is 18.4 Å². The molecule has 1 aromatic carbocycles. The maximum atomic E-state index is 12.9. The Balaban J connectivity index is 1.73. The molecule has 1 saturated heterocycles. The quantitative estimate of drug-likeness (QED) is 0.438. The van der Waals surface area contributed by atoms with E-state index in [1.807, 2.05) is 0 Å². The van der Waals surface area contributed by atoms with E-state index in [1.54, 1.807) is 0 Å². The van der Waals surface area contributed by atoms with Crippen LogP contribution in [0.1, 0.15) is 44.6 Å². The first kappa shape index (κ1) is 20.3. The van der Waals surface area contributed by atoms with E-state index in [1.165, 1.54) is 31.2 Å². The topological polar surface area (TPSA) is 145 Å². The van der Waals surface area contributed by atoms with Crippen LogP contribution >= 0.6 is 0 Å². The van der Waals surface area contributed by atoms with E-state index in [0.717, 1.165) is 24.2 Å². The number of urea groups is 1. The minimum atomic E-state index is -1.44. The summed E-state index contributed by atoms with van der Waals surface area (Å²) in [6.45, 7) is 0.973. The van der Waals surface area contributed by atoms with Gasteiger partial charge in [-0.2, -0.15) is 5.26 Å². The molecule has 1 atom stereocenters. The van der Waals surface area contributed by atoms with Crippen molar-refractivity contribution in [3.05, 3.63) is 39.9 Å². The number of rotatable bonds is 5. The molecule has 0 radical (unpaired) electrons. The molecular weight excluding hydrogens is 378 g/mol. The maximum Gasteiger partial charge on any atom is 0.325 e. The van der Waals surface area contributed by atoms with Crippen molar-refractivity contribution in [3.8, 4) is 6.07 Å². The average molecular weight is 399 g/mol. The first-order chi connectivity index (χ1) is 13.7. The molecule has 1 saturated carbocycles. The van der Waals surface area contributed by atoms with Gasteiger partial charge in [0.15, 0.2) is 0 Å². The number of hydrogen-bond donors (Lipinski definition) is 2. The Morgan fingerprint density at radius 3 is 2.45 bits per heavy atom. The monoisotopic (exact) mass is 399 g/mol. The molecule has 2 fully saturated rings. The lowest BCUT2D eigenvalue weighted by atomic mass is 9.83. The molecule has 0 spiro atoms. The number of nitro benzene ring substituents is 1. The molecule has 1 aliphatic carbocycles. The molecule has 152 valence electrons. The zero-order valence-electron chi connectivity index (χ0n) is 15.9. The summed E-state index contributed by atoms with van der Waals surface area (Å²) in [6.07, 6.45) is 3.73. The summed E-state index contributed by atoms with van der Waals surface area (Å²) in [5, 5.41) is 25.5. The number of nitriles is 1. The van der Waals surface area contributed by atoms with Gasteiger partial charge < -0.3 is 10.6 Å². The second-order valence-electron chi connectivity index (χ2n) is 7.55. The summed E-state index contributed by atoms with van der Waals surface area (Å²) < 4.78 is 0. The van der Waals surface area contributed by atoms with Crippen molar-refractivity contribution in [2.75, 3.05) is 6.54 Å². The molecule has 4 amide bonds. The molecule has 10 nitrogen and oxygen atoms in total. The highest BCUT2D eigenvalue weighted by Crippen LogP contribution is 2.31. The number of benzene rings is 1. The van der Waals surface area contributed by atoms with Gasteiger partial charge in [-0.3, -0.25) is 24.6 Å². The van der Waals surface area contributed by atoms with Crippen LogP contribution in [0.15, 0.2) is 24.3 Å². The van der Waals surface area contributed by atoms with Gasteiger partial charge in [0.1, 0.15) is 17.6 Å². The molecule has 0 bridgehead atoms. The second kappa shape index (κ2) is 7.50. The smallest absolute Gasteiger partial charge is 0.325 e. The number of nitrogens with zero attached hydrogens (tertiary/aromatic N) is 3. The van der Waals surface area contributed by atoms with Crippen molar-refractivity contribution >= 4 is 23.5 Å². The number of carbonyl (C=O) groups excluding carboxylic acids is 3. The number of imide groups is 1. The fraction of sp³-hybridized carbons (Fsp3) is 0.474. The van der Waals surface area contributed by atoms with Gasteiger partial charge in [0.2, 0.25) is 5.91 Å². The lowest BCUT2D eigenvalue weighted by molar-refractivity contribution is -0.384. The van der Waals surface area contributed by atoms with Crippen LogP contribution in [-0.4, -0.2) is 39.8 Å². The Morgan fingerprint density at radius 2 is 1.90 bits per heavy atom. The van der Waals surface area contributed by atoms with Crippen molar-refractivity contribution in [3.63, 3.8) is 0 Å². The fourth-order valence-corrected chi connectivity index (χ4v) is 3.82. The Morgan fingerprint density at radius 1 is 1.28 bits per heavy atom. The van der Waals surface area contributed by atoms with Crippen molar-refractivity contribution < 1.29 is 19.3 Å². The first-order valence-corrected chi connectivity index (χ1v) is 9.32. The van der Waals surface area contributed by atoms with Crippen molar-refractivity contribution in [1.29, 1.82) is 5.26 Å². The van der Waals surface area contributed by atoms with Gasteiger partial charge in [-0.25, -0.2) is 4.79 Å². The number of nitro groups is 1. The minimum absolute atomic E-state index is 0.139. The second-order valence-corrected chi connectivity index (χ2v) is 7.55. The molecule has 2 N–H and O–H groups in total. The third-order valence-electron chi connectivity index (χ3n) is 5.53. The highest BCUT2D eigenvalue weighted by molar-refractivity contribution is 6.09. The van der Waals surface area contributed by atoms with Gasteiger partial charge >= 0.3 is 6.03 Å². The Kier molecular flexibility index (Phi) is 5.24. The zero-order valence-corrected chi connectivity index (χ0v) is 15.9. The van der Waals surface area contributed by atoms with E-state index in [2.05, 4.69) is 16.7 Å². The Hall–Kier alpha value is -3.48. The first-order valence-electron chi connectivity index (χ1n) is 9.32. The minimum Gasteiger partial charge on any atom is -0.336 e. The van der Waals surface area contributed by atoms with Gasteiger partial charge in [0, 0.05) is 12.1 Å². The number of amides is 4. The normalized spacial score (nSPS) is 23.2. The predicted molar refractivity (Wildman–Crippen MR) is 100 cm³/mol. The molecule has 1 aliphatic heterocycles. The van der Waals surface area contributed by atoms with Gasteiger partial charge in [0.25, 0.3) is 11.6 Å². The molecule has 1 heterocycles. The van der Waals surface area contributed by atoms with Crippen LogP contribution in [-0.2, 0) is 15.1 Å². The Labute approximate surface area is 167 Å². The van der Waals surface area contributed by atoms with Crippen molar-refractivity contribution in [1.82, 2.24) is 15.5 Å². The van der Waals surface area contributed by atoms with Gasteiger partial charge in [-0.05, 0) is 37.5 Å². The highest BCUT2D eigenvalue weighted by Gasteiger charge is 2.50. The average Bonchev–Trinajstić information content (AvgIpc) is 2.92. The summed E-state index contributed by atoms with van der Waals surface area (Å²) in [7, 11) is 0. The molecule has 1 aromatic rings. The summed E-state index contributed by atoms with van der Waals surface area (Å²) in [5.74, 6) is -1.22. The fourth-order valence-electron chi connectivity index (χ4n) is 3.82. The van der Waals surface area contributed by atoms with Crippen molar-refractivity contribution in [2.24, 2.45) is 0 Å².